The minimum absolute atomic E-state index is 0.118. The summed E-state index contributed by atoms with van der Waals surface area (Å²) in [7, 11) is 0. The maximum Gasteiger partial charge on any atom is 0.0761 e. The van der Waals surface area contributed by atoms with Crippen molar-refractivity contribution in [3.8, 4) is 0 Å². The molecule has 2 heteroatoms. The molecule has 0 saturated heterocycles. The van der Waals surface area contributed by atoms with Crippen LogP contribution in [0.2, 0.25) is 0 Å². The normalized spacial score (nSPS) is 14.7. The first-order valence-electron chi connectivity index (χ1n) is 8.67. The van der Waals surface area contributed by atoms with Crippen molar-refractivity contribution in [1.82, 2.24) is 0 Å². The van der Waals surface area contributed by atoms with Gasteiger partial charge in [-0.15, -0.1) is 0 Å². The van der Waals surface area contributed by atoms with E-state index < -0.39 is 12.2 Å². The second-order valence-electron chi connectivity index (χ2n) is 6.53. The average Bonchev–Trinajstić information content (AvgIpc) is 2.64. The molecule has 0 aliphatic carbocycles. The molecule has 3 rings (SSSR count). The van der Waals surface area contributed by atoms with Crippen molar-refractivity contribution in [2.75, 3.05) is 0 Å². The SMILES string of the molecule is CC(O)c1ccc(C(c2ccccc2)c2ccc(C(C)O)cc2)cc1. The number of hydrogen-bond acceptors (Lipinski definition) is 2. The molecule has 2 atom stereocenters. The molecular weight excluding hydrogens is 308 g/mol. The minimum Gasteiger partial charge on any atom is -0.389 e. The van der Waals surface area contributed by atoms with Gasteiger partial charge in [0, 0.05) is 5.92 Å². The summed E-state index contributed by atoms with van der Waals surface area (Å²) in [5.74, 6) is 0.118. The predicted molar refractivity (Wildman–Crippen MR) is 102 cm³/mol. The molecule has 128 valence electrons. The van der Waals surface area contributed by atoms with Gasteiger partial charge in [0.05, 0.1) is 12.2 Å². The molecule has 0 fully saturated rings. The molecule has 0 aliphatic heterocycles. The van der Waals surface area contributed by atoms with Crippen LogP contribution in [0.4, 0.5) is 0 Å². The van der Waals surface area contributed by atoms with Crippen LogP contribution in [0.1, 0.15) is 59.8 Å². The maximum absolute atomic E-state index is 9.75. The van der Waals surface area contributed by atoms with Crippen molar-refractivity contribution in [2.24, 2.45) is 0 Å². The lowest BCUT2D eigenvalue weighted by Crippen LogP contribution is -2.04. The Bertz CT molecular complexity index is 736. The molecular formula is C23H24O2. The molecule has 0 radical (unpaired) electrons. The van der Waals surface area contributed by atoms with Gasteiger partial charge in [0.25, 0.3) is 0 Å². The zero-order valence-electron chi connectivity index (χ0n) is 14.6. The smallest absolute Gasteiger partial charge is 0.0761 e. The van der Waals surface area contributed by atoms with Gasteiger partial charge in [0.1, 0.15) is 0 Å². The summed E-state index contributed by atoms with van der Waals surface area (Å²) < 4.78 is 0. The lowest BCUT2D eigenvalue weighted by atomic mass is 9.84. The Hall–Kier alpha value is -2.42. The van der Waals surface area contributed by atoms with Gasteiger partial charge < -0.3 is 10.2 Å². The molecule has 0 spiro atoms. The summed E-state index contributed by atoms with van der Waals surface area (Å²) in [6.07, 6.45) is -0.927. The molecule has 0 aliphatic rings. The van der Waals surface area contributed by atoms with E-state index in [1.165, 1.54) is 16.7 Å². The molecule has 0 aromatic heterocycles. The molecule has 2 N–H and O–H groups in total. The van der Waals surface area contributed by atoms with Gasteiger partial charge in [-0.05, 0) is 41.7 Å². The van der Waals surface area contributed by atoms with E-state index in [1.807, 2.05) is 30.3 Å². The number of rotatable bonds is 5. The van der Waals surface area contributed by atoms with Gasteiger partial charge in [-0.3, -0.25) is 0 Å². The van der Waals surface area contributed by atoms with Crippen LogP contribution in [-0.2, 0) is 0 Å². The van der Waals surface area contributed by atoms with Crippen molar-refractivity contribution in [2.45, 2.75) is 32.0 Å². The first-order valence-corrected chi connectivity index (χ1v) is 8.67. The Balaban J connectivity index is 2.04. The third-order valence-electron chi connectivity index (χ3n) is 4.64. The van der Waals surface area contributed by atoms with Crippen LogP contribution in [0, 0.1) is 0 Å². The maximum atomic E-state index is 9.75. The third-order valence-corrected chi connectivity index (χ3v) is 4.64. The highest BCUT2D eigenvalue weighted by molar-refractivity contribution is 5.44. The molecule has 0 saturated carbocycles. The molecule has 2 nitrogen and oxygen atoms in total. The van der Waals surface area contributed by atoms with Gasteiger partial charge >= 0.3 is 0 Å². The molecule has 0 amide bonds. The zero-order valence-corrected chi connectivity index (χ0v) is 14.6. The van der Waals surface area contributed by atoms with Crippen molar-refractivity contribution in [3.63, 3.8) is 0 Å². The number of aliphatic hydroxyl groups excluding tert-OH is 2. The Labute approximate surface area is 149 Å². The summed E-state index contributed by atoms with van der Waals surface area (Å²) in [5, 5.41) is 19.5. The molecule has 3 aromatic rings. The molecule has 2 unspecified atom stereocenters. The number of benzene rings is 3. The van der Waals surface area contributed by atoms with Gasteiger partial charge in [-0.25, -0.2) is 0 Å². The van der Waals surface area contributed by atoms with E-state index in [9.17, 15) is 10.2 Å². The highest BCUT2D eigenvalue weighted by Gasteiger charge is 2.17. The zero-order chi connectivity index (χ0) is 17.8. The van der Waals surface area contributed by atoms with Crippen LogP contribution in [0.15, 0.2) is 78.9 Å². The fraction of sp³-hybridized carbons (Fsp3) is 0.217. The predicted octanol–water partition coefficient (Wildman–Crippen LogP) is 4.97. The van der Waals surface area contributed by atoms with Gasteiger partial charge in [-0.1, -0.05) is 78.9 Å². The third kappa shape index (κ3) is 3.98. The van der Waals surface area contributed by atoms with Crippen LogP contribution < -0.4 is 0 Å². The minimum atomic E-state index is -0.463. The Morgan fingerprint density at radius 3 is 1.16 bits per heavy atom. The lowest BCUT2D eigenvalue weighted by molar-refractivity contribution is 0.199. The summed E-state index contributed by atoms with van der Waals surface area (Å²) in [6.45, 7) is 3.55. The second-order valence-corrected chi connectivity index (χ2v) is 6.53. The summed E-state index contributed by atoms with van der Waals surface area (Å²) in [4.78, 5) is 0. The van der Waals surface area contributed by atoms with Crippen LogP contribution in [0.3, 0.4) is 0 Å². The van der Waals surface area contributed by atoms with Crippen molar-refractivity contribution < 1.29 is 10.2 Å². The van der Waals surface area contributed by atoms with Crippen molar-refractivity contribution in [3.05, 3.63) is 107 Å². The van der Waals surface area contributed by atoms with Crippen LogP contribution in [-0.4, -0.2) is 10.2 Å². The van der Waals surface area contributed by atoms with Gasteiger partial charge in [-0.2, -0.15) is 0 Å². The Kier molecular flexibility index (Phi) is 5.32. The summed E-state index contributed by atoms with van der Waals surface area (Å²) in [6, 6.07) is 26.7. The van der Waals surface area contributed by atoms with E-state index in [1.54, 1.807) is 13.8 Å². The molecule has 3 aromatic carbocycles. The number of hydrogen-bond donors (Lipinski definition) is 2. The summed E-state index contributed by atoms with van der Waals surface area (Å²) in [5.41, 5.74) is 5.41. The van der Waals surface area contributed by atoms with Crippen LogP contribution >= 0.6 is 0 Å². The van der Waals surface area contributed by atoms with E-state index in [4.69, 9.17) is 0 Å². The quantitative estimate of drug-likeness (QED) is 0.647. The molecule has 0 bridgehead atoms. The van der Waals surface area contributed by atoms with E-state index in [0.717, 1.165) is 11.1 Å². The monoisotopic (exact) mass is 332 g/mol. The fourth-order valence-electron chi connectivity index (χ4n) is 3.16. The van der Waals surface area contributed by atoms with Gasteiger partial charge in [0.15, 0.2) is 0 Å². The first-order chi connectivity index (χ1) is 12.1. The second kappa shape index (κ2) is 7.64. The van der Waals surface area contributed by atoms with E-state index in [-0.39, 0.29) is 5.92 Å². The Morgan fingerprint density at radius 1 is 0.480 bits per heavy atom. The average molecular weight is 332 g/mol. The standard InChI is InChI=1S/C23H24O2/c1-16(24)18-8-12-21(13-9-18)23(20-6-4-3-5-7-20)22-14-10-19(11-15-22)17(2)25/h3-17,23-25H,1-2H3. The molecule has 0 heterocycles. The van der Waals surface area contributed by atoms with E-state index in [2.05, 4.69) is 48.5 Å². The van der Waals surface area contributed by atoms with Crippen LogP contribution in [0.5, 0.6) is 0 Å². The topological polar surface area (TPSA) is 40.5 Å². The fourth-order valence-corrected chi connectivity index (χ4v) is 3.16. The highest BCUT2D eigenvalue weighted by atomic mass is 16.3. The van der Waals surface area contributed by atoms with Gasteiger partial charge in [0.2, 0.25) is 0 Å². The van der Waals surface area contributed by atoms with Crippen LogP contribution in [0.25, 0.3) is 0 Å². The Morgan fingerprint density at radius 2 is 0.800 bits per heavy atom. The molecule has 25 heavy (non-hydrogen) atoms. The largest absolute Gasteiger partial charge is 0.389 e. The van der Waals surface area contributed by atoms with Crippen molar-refractivity contribution >= 4 is 0 Å². The van der Waals surface area contributed by atoms with Crippen molar-refractivity contribution in [1.29, 1.82) is 0 Å². The highest BCUT2D eigenvalue weighted by Crippen LogP contribution is 2.33. The summed E-state index contributed by atoms with van der Waals surface area (Å²) >= 11 is 0. The van der Waals surface area contributed by atoms with E-state index in [0.29, 0.717) is 0 Å². The first kappa shape index (κ1) is 17.4. The van der Waals surface area contributed by atoms with E-state index >= 15 is 0 Å². The lowest BCUT2D eigenvalue weighted by Gasteiger charge is -2.20. The number of aliphatic hydroxyl groups is 2.